The lowest BCUT2D eigenvalue weighted by Gasteiger charge is -2.44. The molecular formula is C30H37NOSi. The molecule has 172 valence electrons. The van der Waals surface area contributed by atoms with Crippen LogP contribution in [0, 0.1) is 0 Å². The molecule has 0 aromatic heterocycles. The van der Waals surface area contributed by atoms with E-state index in [0.717, 1.165) is 13.2 Å². The zero-order valence-electron chi connectivity index (χ0n) is 20.3. The number of hydrogen-bond donors (Lipinski definition) is 0. The Hall–Kier alpha value is -2.20. The molecule has 3 heteroatoms. The minimum atomic E-state index is -2.49. The number of hydrogen-bond acceptors (Lipinski definition) is 2. The van der Waals surface area contributed by atoms with Crippen LogP contribution in [-0.4, -0.2) is 31.4 Å². The third-order valence-corrected chi connectivity index (χ3v) is 12.9. The summed E-state index contributed by atoms with van der Waals surface area (Å²) in [6.07, 6.45) is 5.24. The topological polar surface area (TPSA) is 12.5 Å². The molecule has 1 atom stereocenters. The molecule has 1 saturated carbocycles. The van der Waals surface area contributed by atoms with Crippen LogP contribution in [0.3, 0.4) is 0 Å². The van der Waals surface area contributed by atoms with Crippen molar-refractivity contribution in [1.82, 2.24) is 4.90 Å². The Labute approximate surface area is 200 Å². The molecule has 1 heterocycles. The van der Waals surface area contributed by atoms with Gasteiger partial charge in [-0.1, -0.05) is 112 Å². The Morgan fingerprint density at radius 1 is 0.788 bits per heavy atom. The summed E-state index contributed by atoms with van der Waals surface area (Å²) in [5.41, 5.74) is 1.84. The second-order valence-electron chi connectivity index (χ2n) is 11.0. The maximum absolute atomic E-state index is 7.34. The molecule has 0 bridgehead atoms. The average Bonchev–Trinajstić information content (AvgIpc) is 3.54. The molecule has 33 heavy (non-hydrogen) atoms. The Bertz CT molecular complexity index is 1000. The molecule has 2 aliphatic rings. The molecule has 1 aliphatic heterocycles. The molecule has 3 aromatic carbocycles. The normalized spacial score (nSPS) is 20.3. The minimum absolute atomic E-state index is 0.0236. The van der Waals surface area contributed by atoms with E-state index < -0.39 is 8.32 Å². The van der Waals surface area contributed by atoms with Crippen molar-refractivity contribution < 1.29 is 4.43 Å². The largest absolute Gasteiger partial charge is 0.406 e. The van der Waals surface area contributed by atoms with Crippen molar-refractivity contribution in [2.75, 3.05) is 6.61 Å². The summed E-state index contributed by atoms with van der Waals surface area (Å²) in [5.74, 6) is 0. The summed E-state index contributed by atoms with van der Waals surface area (Å²) >= 11 is 0. The number of benzene rings is 3. The quantitative estimate of drug-likeness (QED) is 0.420. The third kappa shape index (κ3) is 4.23. The summed E-state index contributed by atoms with van der Waals surface area (Å²) < 4.78 is 7.34. The molecule has 1 saturated heterocycles. The van der Waals surface area contributed by atoms with E-state index in [2.05, 4.69) is 117 Å². The first-order valence-electron chi connectivity index (χ1n) is 12.5. The van der Waals surface area contributed by atoms with E-state index in [1.54, 1.807) is 0 Å². The van der Waals surface area contributed by atoms with Gasteiger partial charge in [0.05, 0.1) is 6.61 Å². The standard InChI is InChI=1S/C30H37NOSi/c1-29(2,3)33(27-15-9-5-10-16-27,28-17-11-6-12-18-28)32-24-26-19-20-30(21-22-30)31(26)23-25-13-7-4-8-14-25/h4-18,26H,19-24H2,1-3H3/t26-/m1/s1. The van der Waals surface area contributed by atoms with Crippen molar-refractivity contribution >= 4 is 18.7 Å². The molecule has 0 unspecified atom stereocenters. The highest BCUT2D eigenvalue weighted by atomic mass is 28.4. The molecule has 5 rings (SSSR count). The Balaban J connectivity index is 1.47. The van der Waals surface area contributed by atoms with Crippen molar-refractivity contribution in [2.45, 2.75) is 69.6 Å². The van der Waals surface area contributed by atoms with E-state index in [9.17, 15) is 0 Å². The summed E-state index contributed by atoms with van der Waals surface area (Å²) in [5, 5.41) is 2.77. The maximum Gasteiger partial charge on any atom is 0.261 e. The number of rotatable bonds is 7. The zero-order valence-corrected chi connectivity index (χ0v) is 21.3. The van der Waals surface area contributed by atoms with Crippen molar-refractivity contribution in [1.29, 1.82) is 0 Å². The van der Waals surface area contributed by atoms with Crippen LogP contribution in [0.1, 0.15) is 52.0 Å². The van der Waals surface area contributed by atoms with Gasteiger partial charge in [0.2, 0.25) is 0 Å². The van der Waals surface area contributed by atoms with Crippen LogP contribution in [0.2, 0.25) is 5.04 Å². The Morgan fingerprint density at radius 2 is 1.30 bits per heavy atom. The maximum atomic E-state index is 7.34. The van der Waals surface area contributed by atoms with Crippen LogP contribution in [0.4, 0.5) is 0 Å². The lowest BCUT2D eigenvalue weighted by atomic mass is 10.1. The van der Waals surface area contributed by atoms with E-state index in [1.807, 2.05) is 0 Å². The van der Waals surface area contributed by atoms with Crippen LogP contribution in [-0.2, 0) is 11.0 Å². The first-order chi connectivity index (χ1) is 15.9. The van der Waals surface area contributed by atoms with Gasteiger partial charge >= 0.3 is 0 Å². The molecule has 2 nitrogen and oxygen atoms in total. The summed E-state index contributed by atoms with van der Waals surface area (Å²) in [7, 11) is -2.49. The molecule has 0 N–H and O–H groups in total. The first kappa shape index (κ1) is 22.6. The molecule has 1 spiro atoms. The van der Waals surface area contributed by atoms with Crippen molar-refractivity contribution in [3.63, 3.8) is 0 Å². The average molecular weight is 456 g/mol. The fraction of sp³-hybridized carbons (Fsp3) is 0.400. The highest BCUT2D eigenvalue weighted by Crippen LogP contribution is 2.52. The first-order valence-corrected chi connectivity index (χ1v) is 14.4. The van der Waals surface area contributed by atoms with E-state index in [4.69, 9.17) is 4.43 Å². The van der Waals surface area contributed by atoms with E-state index >= 15 is 0 Å². The second-order valence-corrected chi connectivity index (χ2v) is 15.3. The molecule has 0 radical (unpaired) electrons. The number of likely N-dealkylation sites (tertiary alicyclic amines) is 1. The van der Waals surface area contributed by atoms with Gasteiger partial charge in [0.15, 0.2) is 0 Å². The second kappa shape index (κ2) is 8.86. The molecule has 0 amide bonds. The lowest BCUT2D eigenvalue weighted by Crippen LogP contribution is -2.67. The van der Waals surface area contributed by atoms with Gasteiger partial charge in [-0.05, 0) is 46.7 Å². The Kier molecular flexibility index (Phi) is 6.07. The minimum Gasteiger partial charge on any atom is -0.406 e. The van der Waals surface area contributed by atoms with Crippen LogP contribution in [0.15, 0.2) is 91.0 Å². The number of nitrogens with zero attached hydrogens (tertiary/aromatic N) is 1. The van der Waals surface area contributed by atoms with Gasteiger partial charge < -0.3 is 4.43 Å². The van der Waals surface area contributed by atoms with Gasteiger partial charge in [0.1, 0.15) is 0 Å². The van der Waals surface area contributed by atoms with Gasteiger partial charge in [0.25, 0.3) is 8.32 Å². The van der Waals surface area contributed by atoms with Gasteiger partial charge in [-0.15, -0.1) is 0 Å². The highest BCUT2D eigenvalue weighted by molar-refractivity contribution is 6.99. The van der Waals surface area contributed by atoms with Crippen LogP contribution in [0.5, 0.6) is 0 Å². The van der Waals surface area contributed by atoms with Gasteiger partial charge in [0, 0.05) is 18.1 Å². The fourth-order valence-electron chi connectivity index (χ4n) is 6.04. The van der Waals surface area contributed by atoms with Crippen molar-refractivity contribution in [2.24, 2.45) is 0 Å². The van der Waals surface area contributed by atoms with Gasteiger partial charge in [-0.3, -0.25) is 4.90 Å². The highest BCUT2D eigenvalue weighted by Gasteiger charge is 2.56. The van der Waals surface area contributed by atoms with Crippen LogP contribution >= 0.6 is 0 Å². The molecule has 1 aliphatic carbocycles. The third-order valence-electron chi connectivity index (χ3n) is 7.92. The fourth-order valence-corrected chi connectivity index (χ4v) is 10.6. The van der Waals surface area contributed by atoms with Crippen LogP contribution < -0.4 is 10.4 Å². The zero-order chi connectivity index (χ0) is 22.9. The van der Waals surface area contributed by atoms with E-state index in [-0.39, 0.29) is 5.04 Å². The molecule has 2 fully saturated rings. The summed E-state index contributed by atoms with van der Waals surface area (Å²) in [4.78, 5) is 2.79. The van der Waals surface area contributed by atoms with E-state index in [0.29, 0.717) is 11.6 Å². The molecular weight excluding hydrogens is 418 g/mol. The predicted molar refractivity (Wildman–Crippen MR) is 141 cm³/mol. The summed E-state index contributed by atoms with van der Waals surface area (Å²) in [6.45, 7) is 8.96. The summed E-state index contributed by atoms with van der Waals surface area (Å²) in [6, 6.07) is 33.6. The Morgan fingerprint density at radius 3 is 1.79 bits per heavy atom. The van der Waals surface area contributed by atoms with Gasteiger partial charge in [-0.2, -0.15) is 0 Å². The van der Waals surface area contributed by atoms with Crippen LogP contribution in [0.25, 0.3) is 0 Å². The SMILES string of the molecule is CC(C)(C)[Si](OC[C@H]1CCC2(CC2)N1Cc1ccccc1)(c1ccccc1)c1ccccc1. The monoisotopic (exact) mass is 455 g/mol. The molecule has 3 aromatic rings. The predicted octanol–water partition coefficient (Wildman–Crippen LogP) is 5.76. The smallest absolute Gasteiger partial charge is 0.261 e. The van der Waals surface area contributed by atoms with Crippen molar-refractivity contribution in [3.05, 3.63) is 96.6 Å². The van der Waals surface area contributed by atoms with E-state index in [1.165, 1.54) is 41.6 Å². The van der Waals surface area contributed by atoms with Gasteiger partial charge in [-0.25, -0.2) is 0 Å². The van der Waals surface area contributed by atoms with Crippen molar-refractivity contribution in [3.8, 4) is 0 Å². The lowest BCUT2D eigenvalue weighted by molar-refractivity contribution is 0.117.